The highest BCUT2D eigenvalue weighted by Crippen LogP contribution is 2.49. The average molecular weight is 441 g/mol. The number of fused-ring (bicyclic) bond motifs is 3. The normalized spacial score (nSPS) is 25.2. The number of carbonyl (C=O) groups is 3. The molecule has 7 nitrogen and oxygen atoms in total. The number of halogens is 3. The summed E-state index contributed by atoms with van der Waals surface area (Å²) in [7, 11) is 0. The fourth-order valence-electron chi connectivity index (χ4n) is 4.66. The molecule has 3 atom stereocenters. The van der Waals surface area contributed by atoms with Crippen LogP contribution in [0.1, 0.15) is 42.9 Å². The van der Waals surface area contributed by atoms with Gasteiger partial charge in [-0.1, -0.05) is 24.3 Å². The Labute approximate surface area is 178 Å². The molecular weight excluding hydrogens is 415 g/mol. The SMILES string of the molecule is CC(=O)N1C[C@@H]2[C@H](NC(=O)C3CCNCC3)c3ccccc3[C@@H]2C1.O=C(O)C(F)(F)F. The van der Waals surface area contributed by atoms with Crippen LogP contribution in [0.4, 0.5) is 13.2 Å². The Kier molecular flexibility index (Phi) is 6.88. The number of nitrogens with one attached hydrogen (secondary N) is 2. The van der Waals surface area contributed by atoms with Gasteiger partial charge in [0.2, 0.25) is 11.8 Å². The Hall–Kier alpha value is -2.62. The molecule has 2 saturated heterocycles. The first-order valence-electron chi connectivity index (χ1n) is 10.2. The summed E-state index contributed by atoms with van der Waals surface area (Å²) in [5.74, 6) is -1.68. The number of hydrogen-bond acceptors (Lipinski definition) is 4. The molecule has 0 unspecified atom stereocenters. The van der Waals surface area contributed by atoms with E-state index >= 15 is 0 Å². The number of hydrogen-bond donors (Lipinski definition) is 3. The van der Waals surface area contributed by atoms with Crippen molar-refractivity contribution in [3.8, 4) is 0 Å². The second-order valence-electron chi connectivity index (χ2n) is 8.14. The summed E-state index contributed by atoms with van der Waals surface area (Å²) >= 11 is 0. The van der Waals surface area contributed by atoms with Crippen LogP contribution in [0.2, 0.25) is 0 Å². The smallest absolute Gasteiger partial charge is 0.475 e. The first kappa shape index (κ1) is 23.1. The monoisotopic (exact) mass is 441 g/mol. The van der Waals surface area contributed by atoms with Crippen LogP contribution in [0.15, 0.2) is 24.3 Å². The summed E-state index contributed by atoms with van der Waals surface area (Å²) in [6, 6.07) is 8.44. The highest BCUT2D eigenvalue weighted by Gasteiger charge is 2.47. The minimum absolute atomic E-state index is 0.0398. The topological polar surface area (TPSA) is 98.7 Å². The summed E-state index contributed by atoms with van der Waals surface area (Å²) < 4.78 is 31.7. The van der Waals surface area contributed by atoms with Crippen LogP contribution < -0.4 is 10.6 Å². The number of nitrogens with zero attached hydrogens (tertiary/aromatic N) is 1. The molecule has 10 heteroatoms. The molecule has 0 bridgehead atoms. The number of likely N-dealkylation sites (tertiary alicyclic amines) is 1. The largest absolute Gasteiger partial charge is 0.490 e. The van der Waals surface area contributed by atoms with Gasteiger partial charge in [-0.15, -0.1) is 0 Å². The van der Waals surface area contributed by atoms with Gasteiger partial charge >= 0.3 is 12.1 Å². The van der Waals surface area contributed by atoms with Crippen molar-refractivity contribution in [2.45, 2.75) is 37.9 Å². The van der Waals surface area contributed by atoms with Gasteiger partial charge in [-0.25, -0.2) is 4.79 Å². The number of benzene rings is 1. The Balaban J connectivity index is 0.000000339. The first-order chi connectivity index (χ1) is 14.6. The number of amides is 2. The third-order valence-corrected chi connectivity index (χ3v) is 6.22. The maximum Gasteiger partial charge on any atom is 0.490 e. The zero-order valence-electron chi connectivity index (χ0n) is 17.1. The first-order valence-corrected chi connectivity index (χ1v) is 10.2. The van der Waals surface area contributed by atoms with Gasteiger partial charge in [-0.05, 0) is 37.1 Å². The summed E-state index contributed by atoms with van der Waals surface area (Å²) in [5, 5.41) is 13.8. The molecule has 4 rings (SSSR count). The number of aliphatic carboxylic acids is 1. The van der Waals surface area contributed by atoms with E-state index in [0.29, 0.717) is 11.8 Å². The molecule has 0 spiro atoms. The van der Waals surface area contributed by atoms with E-state index in [-0.39, 0.29) is 23.8 Å². The third kappa shape index (κ3) is 5.17. The lowest BCUT2D eigenvalue weighted by Crippen LogP contribution is -2.41. The molecule has 3 N–H and O–H groups in total. The van der Waals surface area contributed by atoms with E-state index in [9.17, 15) is 22.8 Å². The summed E-state index contributed by atoms with van der Waals surface area (Å²) in [6.07, 6.45) is -3.26. The molecule has 1 aromatic rings. The highest BCUT2D eigenvalue weighted by molar-refractivity contribution is 5.80. The molecule has 0 radical (unpaired) electrons. The van der Waals surface area contributed by atoms with Gasteiger partial charge in [0, 0.05) is 37.8 Å². The Morgan fingerprint density at radius 3 is 2.23 bits per heavy atom. The Morgan fingerprint density at radius 2 is 1.68 bits per heavy atom. The van der Waals surface area contributed by atoms with Gasteiger partial charge in [-0.2, -0.15) is 13.2 Å². The molecule has 31 heavy (non-hydrogen) atoms. The number of carbonyl (C=O) groups excluding carboxylic acids is 2. The maximum absolute atomic E-state index is 12.7. The van der Waals surface area contributed by atoms with Crippen molar-refractivity contribution in [2.75, 3.05) is 26.2 Å². The van der Waals surface area contributed by atoms with E-state index in [0.717, 1.165) is 39.0 Å². The molecule has 1 aliphatic carbocycles. The van der Waals surface area contributed by atoms with Crippen molar-refractivity contribution in [3.05, 3.63) is 35.4 Å². The minimum atomic E-state index is -5.08. The molecular formula is C21H26F3N3O4. The van der Waals surface area contributed by atoms with Crippen LogP contribution in [0.25, 0.3) is 0 Å². The minimum Gasteiger partial charge on any atom is -0.475 e. The van der Waals surface area contributed by atoms with E-state index in [1.807, 2.05) is 11.0 Å². The van der Waals surface area contributed by atoms with Gasteiger partial charge in [0.05, 0.1) is 6.04 Å². The Morgan fingerprint density at radius 1 is 1.10 bits per heavy atom. The van der Waals surface area contributed by atoms with E-state index < -0.39 is 12.1 Å². The van der Waals surface area contributed by atoms with Crippen LogP contribution in [0, 0.1) is 11.8 Å². The van der Waals surface area contributed by atoms with Crippen LogP contribution >= 0.6 is 0 Å². The van der Waals surface area contributed by atoms with E-state index in [1.165, 1.54) is 11.1 Å². The standard InChI is InChI=1S/C19H25N3O2.C2HF3O2/c1-12(23)22-10-16-14-4-2-3-5-15(14)18(17(16)11-22)21-19(24)13-6-8-20-9-7-13;3-2(4,5)1(6)7/h2-5,13,16-18,20H,6-11H2,1H3,(H,21,24);(H,6,7)/t16-,17-,18+;/m0./s1. The van der Waals surface area contributed by atoms with Gasteiger partial charge < -0.3 is 20.6 Å². The van der Waals surface area contributed by atoms with Gasteiger partial charge in [-0.3, -0.25) is 9.59 Å². The molecule has 1 aromatic carbocycles. The molecule has 2 aliphatic heterocycles. The molecule has 2 amide bonds. The van der Waals surface area contributed by atoms with Crippen LogP contribution in [0.3, 0.4) is 0 Å². The lowest BCUT2D eigenvalue weighted by Gasteiger charge is -2.27. The lowest BCUT2D eigenvalue weighted by molar-refractivity contribution is -0.192. The van der Waals surface area contributed by atoms with E-state index in [1.54, 1.807) is 6.92 Å². The van der Waals surface area contributed by atoms with Crippen molar-refractivity contribution in [2.24, 2.45) is 11.8 Å². The third-order valence-electron chi connectivity index (χ3n) is 6.22. The molecule has 2 heterocycles. The molecule has 170 valence electrons. The second kappa shape index (κ2) is 9.25. The second-order valence-corrected chi connectivity index (χ2v) is 8.14. The van der Waals surface area contributed by atoms with Crippen molar-refractivity contribution < 1.29 is 32.7 Å². The zero-order valence-corrected chi connectivity index (χ0v) is 17.1. The predicted molar refractivity (Wildman–Crippen MR) is 105 cm³/mol. The predicted octanol–water partition coefficient (Wildman–Crippen LogP) is 2.05. The molecule has 3 aliphatic rings. The van der Waals surface area contributed by atoms with Crippen molar-refractivity contribution in [1.82, 2.24) is 15.5 Å². The maximum atomic E-state index is 12.7. The van der Waals surface area contributed by atoms with Crippen molar-refractivity contribution >= 4 is 17.8 Å². The summed E-state index contributed by atoms with van der Waals surface area (Å²) in [4.78, 5) is 35.4. The van der Waals surface area contributed by atoms with Crippen molar-refractivity contribution in [3.63, 3.8) is 0 Å². The summed E-state index contributed by atoms with van der Waals surface area (Å²) in [6.45, 7) is 4.99. The quantitative estimate of drug-likeness (QED) is 0.653. The zero-order chi connectivity index (χ0) is 22.8. The fourth-order valence-corrected chi connectivity index (χ4v) is 4.66. The molecule has 0 saturated carbocycles. The van der Waals surface area contributed by atoms with E-state index in [2.05, 4.69) is 28.8 Å². The fraction of sp³-hybridized carbons (Fsp3) is 0.571. The number of piperidine rings is 1. The molecule has 0 aromatic heterocycles. The van der Waals surface area contributed by atoms with Crippen molar-refractivity contribution in [1.29, 1.82) is 0 Å². The van der Waals surface area contributed by atoms with Gasteiger partial charge in [0.15, 0.2) is 0 Å². The number of carboxylic acid groups (broad SMARTS) is 1. The van der Waals surface area contributed by atoms with Gasteiger partial charge in [0.1, 0.15) is 0 Å². The van der Waals surface area contributed by atoms with Crippen LogP contribution in [-0.2, 0) is 14.4 Å². The lowest BCUT2D eigenvalue weighted by atomic mass is 9.93. The molecule has 2 fully saturated rings. The van der Waals surface area contributed by atoms with Crippen LogP contribution in [0.5, 0.6) is 0 Å². The van der Waals surface area contributed by atoms with Gasteiger partial charge in [0.25, 0.3) is 0 Å². The summed E-state index contributed by atoms with van der Waals surface area (Å²) in [5.41, 5.74) is 2.56. The van der Waals surface area contributed by atoms with Crippen LogP contribution in [-0.4, -0.2) is 60.1 Å². The highest BCUT2D eigenvalue weighted by atomic mass is 19.4. The number of alkyl halides is 3. The number of rotatable bonds is 2. The van der Waals surface area contributed by atoms with E-state index in [4.69, 9.17) is 9.90 Å². The average Bonchev–Trinajstić information content (AvgIpc) is 3.28. The number of carboxylic acids is 1. The Bertz CT molecular complexity index is 839.